The molecule has 1 aliphatic heterocycles. The summed E-state index contributed by atoms with van der Waals surface area (Å²) in [6.45, 7) is 6.10. The maximum atomic E-state index is 13.2. The van der Waals surface area contributed by atoms with Gasteiger partial charge in [-0.25, -0.2) is 0 Å². The first-order chi connectivity index (χ1) is 25.9. The van der Waals surface area contributed by atoms with Gasteiger partial charge in [0.1, 0.15) is 35.9 Å². The van der Waals surface area contributed by atoms with E-state index in [1.54, 1.807) is 0 Å². The van der Waals surface area contributed by atoms with E-state index in [1.807, 2.05) is 18.2 Å². The van der Waals surface area contributed by atoms with Crippen LogP contribution in [0.15, 0.2) is 18.2 Å². The number of carbonyl (C=O) groups excluding carboxylic acids is 1. The Labute approximate surface area is 321 Å². The lowest BCUT2D eigenvalue weighted by atomic mass is 9.99. The lowest BCUT2D eigenvalue weighted by Gasteiger charge is -2.39. The van der Waals surface area contributed by atoms with E-state index in [0.29, 0.717) is 49.8 Å². The smallest absolute Gasteiger partial charge is 0.251 e. The minimum atomic E-state index is -1.45. The van der Waals surface area contributed by atoms with Gasteiger partial charge in [0.25, 0.3) is 5.91 Å². The zero-order valence-corrected chi connectivity index (χ0v) is 33.5. The van der Waals surface area contributed by atoms with Crippen molar-refractivity contribution in [2.75, 3.05) is 33.0 Å². The normalized spacial score (nSPS) is 20.1. The van der Waals surface area contributed by atoms with Crippen LogP contribution in [0.3, 0.4) is 0 Å². The molecule has 1 aliphatic rings. The molecule has 308 valence electrons. The Morgan fingerprint density at radius 1 is 0.585 bits per heavy atom. The summed E-state index contributed by atoms with van der Waals surface area (Å²) >= 11 is 0. The Hall–Kier alpha value is -1.95. The van der Waals surface area contributed by atoms with Crippen LogP contribution in [-0.2, 0) is 9.47 Å². The minimum Gasteiger partial charge on any atom is -0.493 e. The molecule has 0 saturated carbocycles. The molecule has 10 nitrogen and oxygen atoms in total. The van der Waals surface area contributed by atoms with Crippen LogP contribution in [0.25, 0.3) is 0 Å². The van der Waals surface area contributed by atoms with Crippen molar-refractivity contribution in [2.24, 2.45) is 0 Å². The molecule has 2 rings (SSSR count). The van der Waals surface area contributed by atoms with Crippen molar-refractivity contribution in [3.63, 3.8) is 0 Å². The van der Waals surface area contributed by atoms with Crippen LogP contribution in [0.4, 0.5) is 0 Å². The van der Waals surface area contributed by atoms with E-state index in [0.717, 1.165) is 44.9 Å². The Morgan fingerprint density at radius 3 is 1.49 bits per heavy atom. The van der Waals surface area contributed by atoms with E-state index in [9.17, 15) is 25.2 Å². The van der Waals surface area contributed by atoms with Gasteiger partial charge in [-0.05, 0) is 37.8 Å². The van der Waals surface area contributed by atoms with Gasteiger partial charge in [0, 0.05) is 24.8 Å². The molecule has 5 N–H and O–H groups in total. The Balaban J connectivity index is 1.72. The fourth-order valence-electron chi connectivity index (χ4n) is 6.72. The summed E-state index contributed by atoms with van der Waals surface area (Å²) in [4.78, 5) is 13.2. The lowest BCUT2D eigenvalue weighted by Crippen LogP contribution is -2.59. The molecule has 5 atom stereocenters. The van der Waals surface area contributed by atoms with Crippen LogP contribution in [0.5, 0.6) is 11.5 Å². The second kappa shape index (κ2) is 31.3. The number of hydrogen-bond donors (Lipinski definition) is 5. The molecule has 1 aromatic carbocycles. The predicted octanol–water partition coefficient (Wildman–Crippen LogP) is 8.39. The van der Waals surface area contributed by atoms with Crippen molar-refractivity contribution in [2.45, 2.75) is 199 Å². The highest BCUT2D eigenvalue weighted by Gasteiger charge is 2.43. The van der Waals surface area contributed by atoms with Gasteiger partial charge in [0.05, 0.1) is 19.8 Å². The van der Waals surface area contributed by atoms with Crippen LogP contribution >= 0.6 is 0 Å². The number of unbranched alkanes of at least 4 members (excludes halogenated alkanes) is 21. The molecular weight excluding hydrogens is 674 g/mol. The summed E-state index contributed by atoms with van der Waals surface area (Å²) in [7, 11) is 0. The molecular formula is C43H77NO9. The monoisotopic (exact) mass is 752 g/mol. The average molecular weight is 752 g/mol. The van der Waals surface area contributed by atoms with E-state index in [1.165, 1.54) is 103 Å². The number of amides is 1. The zero-order chi connectivity index (χ0) is 38.4. The molecule has 1 fully saturated rings. The van der Waals surface area contributed by atoms with Gasteiger partial charge in [-0.3, -0.25) is 4.79 Å². The molecule has 2 unspecified atom stereocenters. The maximum Gasteiger partial charge on any atom is 0.251 e. The third kappa shape index (κ3) is 21.7. The second-order valence-corrected chi connectivity index (χ2v) is 15.0. The zero-order valence-electron chi connectivity index (χ0n) is 33.5. The van der Waals surface area contributed by atoms with Gasteiger partial charge in [-0.15, -0.1) is 0 Å². The standard InChI is InChI=1S/C43H77NO9/c1-3-5-7-9-11-13-15-17-20-24-28-50-36-31-35(32-37(33-36)51-29-25-21-18-16-14-12-10-8-6-4-2)42(49)44-27-23-19-22-26-30-52-43-41(48)40(47)39(46)38(34-45)53-43/h31-33,38-41,43,45-48H,3-30,34H2,1-2H3,(H,44,49)/t38?,39-,40+,41?,43-/m1/s1. The molecule has 1 heterocycles. The number of aliphatic hydroxyl groups is 4. The van der Waals surface area contributed by atoms with Crippen molar-refractivity contribution in [1.82, 2.24) is 5.32 Å². The highest BCUT2D eigenvalue weighted by atomic mass is 16.7. The number of hydrogen-bond acceptors (Lipinski definition) is 9. The van der Waals surface area contributed by atoms with Crippen LogP contribution in [-0.4, -0.2) is 90.0 Å². The summed E-state index contributed by atoms with van der Waals surface area (Å²) in [6, 6.07) is 5.54. The van der Waals surface area contributed by atoms with E-state index >= 15 is 0 Å². The van der Waals surface area contributed by atoms with Gasteiger partial charge in [-0.1, -0.05) is 142 Å². The number of benzene rings is 1. The number of ether oxygens (including phenoxy) is 4. The lowest BCUT2D eigenvalue weighted by molar-refractivity contribution is -0.301. The first kappa shape index (κ1) is 47.2. The Morgan fingerprint density at radius 2 is 1.02 bits per heavy atom. The van der Waals surface area contributed by atoms with Crippen LogP contribution in [0, 0.1) is 0 Å². The van der Waals surface area contributed by atoms with E-state index < -0.39 is 37.3 Å². The summed E-state index contributed by atoms with van der Waals surface area (Å²) in [5.41, 5.74) is 0.538. The van der Waals surface area contributed by atoms with Gasteiger partial charge in [-0.2, -0.15) is 0 Å². The highest BCUT2D eigenvalue weighted by molar-refractivity contribution is 5.95. The number of carbonyl (C=O) groups is 1. The van der Waals surface area contributed by atoms with Crippen molar-refractivity contribution < 1.29 is 44.2 Å². The molecule has 53 heavy (non-hydrogen) atoms. The quantitative estimate of drug-likeness (QED) is 0.0438. The maximum absolute atomic E-state index is 13.2. The largest absolute Gasteiger partial charge is 0.493 e. The molecule has 0 spiro atoms. The fraction of sp³-hybridized carbons (Fsp3) is 0.837. The second-order valence-electron chi connectivity index (χ2n) is 15.0. The minimum absolute atomic E-state index is 0.149. The van der Waals surface area contributed by atoms with Crippen molar-refractivity contribution >= 4 is 5.91 Å². The summed E-state index contributed by atoms with van der Waals surface area (Å²) in [6.07, 6.45) is 22.3. The van der Waals surface area contributed by atoms with Gasteiger partial charge >= 0.3 is 0 Å². The number of nitrogens with one attached hydrogen (secondary N) is 1. The first-order valence-corrected chi connectivity index (χ1v) is 21.5. The summed E-state index contributed by atoms with van der Waals surface area (Å²) in [5, 5.41) is 42.3. The summed E-state index contributed by atoms with van der Waals surface area (Å²) in [5.74, 6) is 1.20. The fourth-order valence-corrected chi connectivity index (χ4v) is 6.72. The van der Waals surface area contributed by atoms with E-state index in [2.05, 4.69) is 19.2 Å². The molecule has 1 aromatic rings. The third-order valence-electron chi connectivity index (χ3n) is 10.2. The first-order valence-electron chi connectivity index (χ1n) is 21.5. The van der Waals surface area contributed by atoms with Crippen LogP contribution < -0.4 is 14.8 Å². The molecule has 1 amide bonds. The number of aliphatic hydroxyl groups excluding tert-OH is 4. The molecule has 0 aliphatic carbocycles. The molecule has 1 saturated heterocycles. The van der Waals surface area contributed by atoms with Crippen molar-refractivity contribution in [3.8, 4) is 11.5 Å². The Bertz CT molecular complexity index is 981. The SMILES string of the molecule is CCCCCCCCCCCCOc1cc(OCCCCCCCCCCCC)cc(C(=O)NCCCCCCO[C@@H]2OC(CO)[C@@H](O)[C@H](O)C2O)c1. The molecule has 0 radical (unpaired) electrons. The topological polar surface area (TPSA) is 147 Å². The predicted molar refractivity (Wildman–Crippen MR) is 212 cm³/mol. The van der Waals surface area contributed by atoms with E-state index in [-0.39, 0.29) is 5.91 Å². The van der Waals surface area contributed by atoms with Gasteiger partial charge in [0.15, 0.2) is 6.29 Å². The molecule has 0 bridgehead atoms. The molecule has 10 heteroatoms. The summed E-state index contributed by atoms with van der Waals surface area (Å²) < 4.78 is 23.2. The van der Waals surface area contributed by atoms with Gasteiger partial charge < -0.3 is 44.7 Å². The van der Waals surface area contributed by atoms with Gasteiger partial charge in [0.2, 0.25) is 0 Å². The highest BCUT2D eigenvalue weighted by Crippen LogP contribution is 2.25. The third-order valence-corrected chi connectivity index (χ3v) is 10.2. The van der Waals surface area contributed by atoms with Crippen molar-refractivity contribution in [1.29, 1.82) is 0 Å². The average Bonchev–Trinajstić information content (AvgIpc) is 3.16. The van der Waals surface area contributed by atoms with E-state index in [4.69, 9.17) is 18.9 Å². The molecule has 0 aromatic heterocycles. The Kier molecular flexibility index (Phi) is 27.9. The van der Waals surface area contributed by atoms with Crippen molar-refractivity contribution in [3.05, 3.63) is 23.8 Å². The number of rotatable bonds is 34. The van der Waals surface area contributed by atoms with Crippen LogP contribution in [0.2, 0.25) is 0 Å². The van der Waals surface area contributed by atoms with Crippen LogP contribution in [0.1, 0.15) is 178 Å².